The Kier molecular flexibility index (Phi) is 5.29. The van der Waals surface area contributed by atoms with Gasteiger partial charge in [0.2, 0.25) is 11.8 Å². The minimum Gasteiger partial charge on any atom is -0.370 e. The van der Waals surface area contributed by atoms with E-state index in [1.54, 1.807) is 29.2 Å². The summed E-state index contributed by atoms with van der Waals surface area (Å²) >= 11 is 0. The predicted octanol–water partition coefficient (Wildman–Crippen LogP) is 1.14. The second kappa shape index (κ2) is 7.41. The van der Waals surface area contributed by atoms with Gasteiger partial charge in [-0.1, -0.05) is 12.1 Å². The Labute approximate surface area is 123 Å². The van der Waals surface area contributed by atoms with Crippen LogP contribution in [0.3, 0.4) is 0 Å². The lowest BCUT2D eigenvalue weighted by atomic mass is 10.2. The van der Waals surface area contributed by atoms with Gasteiger partial charge >= 0.3 is 0 Å². The first kappa shape index (κ1) is 15.0. The van der Waals surface area contributed by atoms with E-state index in [-0.39, 0.29) is 18.4 Å². The number of para-hydroxylation sites is 1. The number of morpholine rings is 1. The van der Waals surface area contributed by atoms with Crippen LogP contribution in [0.1, 0.15) is 18.4 Å². The van der Waals surface area contributed by atoms with Gasteiger partial charge in [-0.15, -0.1) is 0 Å². The molecule has 0 bridgehead atoms. The molecular formula is C15H17N3O3. The Morgan fingerprint density at radius 1 is 1.43 bits per heavy atom. The van der Waals surface area contributed by atoms with Crippen molar-refractivity contribution in [2.75, 3.05) is 31.6 Å². The SMILES string of the molecule is N#Cc1ccccc1NC(=O)CCCN1CCOCC1=O. The molecular weight excluding hydrogens is 270 g/mol. The van der Waals surface area contributed by atoms with E-state index in [0.29, 0.717) is 43.8 Å². The molecule has 6 nitrogen and oxygen atoms in total. The largest absolute Gasteiger partial charge is 0.370 e. The lowest BCUT2D eigenvalue weighted by Gasteiger charge is -2.26. The molecule has 0 atom stereocenters. The van der Waals surface area contributed by atoms with E-state index in [0.717, 1.165) is 0 Å². The van der Waals surface area contributed by atoms with Crippen molar-refractivity contribution in [3.05, 3.63) is 29.8 Å². The number of ether oxygens (including phenoxy) is 1. The third-order valence-electron chi connectivity index (χ3n) is 3.24. The Morgan fingerprint density at radius 3 is 3.00 bits per heavy atom. The summed E-state index contributed by atoms with van der Waals surface area (Å²) in [7, 11) is 0. The maximum Gasteiger partial charge on any atom is 0.248 e. The van der Waals surface area contributed by atoms with Gasteiger partial charge < -0.3 is 15.0 Å². The number of carbonyl (C=O) groups excluding carboxylic acids is 2. The monoisotopic (exact) mass is 287 g/mol. The summed E-state index contributed by atoms with van der Waals surface area (Å²) in [6.07, 6.45) is 0.899. The average molecular weight is 287 g/mol. The predicted molar refractivity (Wildman–Crippen MR) is 76.4 cm³/mol. The van der Waals surface area contributed by atoms with Crippen molar-refractivity contribution in [2.24, 2.45) is 0 Å². The molecule has 0 saturated carbocycles. The maximum atomic E-state index is 11.9. The summed E-state index contributed by atoms with van der Waals surface area (Å²) in [6.45, 7) is 1.81. The summed E-state index contributed by atoms with van der Waals surface area (Å²) in [4.78, 5) is 25.1. The number of nitriles is 1. The highest BCUT2D eigenvalue weighted by atomic mass is 16.5. The van der Waals surface area contributed by atoms with Gasteiger partial charge in [-0.25, -0.2) is 0 Å². The quantitative estimate of drug-likeness (QED) is 0.880. The summed E-state index contributed by atoms with van der Waals surface area (Å²) in [5.41, 5.74) is 0.960. The van der Waals surface area contributed by atoms with Crippen molar-refractivity contribution in [1.82, 2.24) is 4.90 Å². The lowest BCUT2D eigenvalue weighted by Crippen LogP contribution is -2.42. The highest BCUT2D eigenvalue weighted by molar-refractivity contribution is 5.92. The van der Waals surface area contributed by atoms with Crippen LogP contribution in [-0.4, -0.2) is 43.0 Å². The molecule has 0 aliphatic carbocycles. The standard InChI is InChI=1S/C15H17N3O3/c16-10-12-4-1-2-5-13(12)17-14(19)6-3-7-18-8-9-21-11-15(18)20/h1-2,4-5H,3,6-9,11H2,(H,17,19). The average Bonchev–Trinajstić information content (AvgIpc) is 2.50. The molecule has 6 heteroatoms. The molecule has 2 rings (SSSR count). The molecule has 1 heterocycles. The van der Waals surface area contributed by atoms with Gasteiger partial charge in [0.15, 0.2) is 0 Å². The van der Waals surface area contributed by atoms with E-state index in [1.807, 2.05) is 6.07 Å². The normalized spacial score (nSPS) is 14.6. The van der Waals surface area contributed by atoms with Crippen LogP contribution in [0.25, 0.3) is 0 Å². The fraction of sp³-hybridized carbons (Fsp3) is 0.400. The highest BCUT2D eigenvalue weighted by Gasteiger charge is 2.18. The Morgan fingerprint density at radius 2 is 2.24 bits per heavy atom. The van der Waals surface area contributed by atoms with Gasteiger partial charge in [-0.3, -0.25) is 9.59 Å². The van der Waals surface area contributed by atoms with Gasteiger partial charge in [-0.2, -0.15) is 5.26 Å². The molecule has 1 fully saturated rings. The topological polar surface area (TPSA) is 82.4 Å². The number of carbonyl (C=O) groups is 2. The minimum absolute atomic E-state index is 0.0310. The Bertz CT molecular complexity index is 566. The number of amides is 2. The van der Waals surface area contributed by atoms with Gasteiger partial charge in [0.25, 0.3) is 0 Å². The Balaban J connectivity index is 1.77. The third-order valence-corrected chi connectivity index (χ3v) is 3.24. The zero-order valence-electron chi connectivity index (χ0n) is 11.7. The van der Waals surface area contributed by atoms with Crippen LogP contribution in [0.2, 0.25) is 0 Å². The molecule has 1 aromatic carbocycles. The van der Waals surface area contributed by atoms with Gasteiger partial charge in [0.05, 0.1) is 17.9 Å². The summed E-state index contributed by atoms with van der Waals surface area (Å²) in [6, 6.07) is 8.90. The molecule has 1 aliphatic rings. The molecule has 0 unspecified atom stereocenters. The maximum absolute atomic E-state index is 11.9. The first-order chi connectivity index (χ1) is 10.2. The molecule has 2 amide bonds. The first-order valence-corrected chi connectivity index (χ1v) is 6.85. The van der Waals surface area contributed by atoms with Gasteiger partial charge in [0.1, 0.15) is 12.7 Å². The Hall–Kier alpha value is -2.39. The summed E-state index contributed by atoms with van der Waals surface area (Å²) in [5, 5.41) is 11.7. The fourth-order valence-electron chi connectivity index (χ4n) is 2.12. The number of hydrogen-bond acceptors (Lipinski definition) is 4. The van der Waals surface area contributed by atoms with Gasteiger partial charge in [0, 0.05) is 19.5 Å². The molecule has 0 spiro atoms. The van der Waals surface area contributed by atoms with Crippen molar-refractivity contribution in [2.45, 2.75) is 12.8 Å². The van der Waals surface area contributed by atoms with Crippen molar-refractivity contribution in [3.8, 4) is 6.07 Å². The van der Waals surface area contributed by atoms with E-state index in [2.05, 4.69) is 5.32 Å². The van der Waals surface area contributed by atoms with Crippen molar-refractivity contribution >= 4 is 17.5 Å². The number of rotatable bonds is 5. The van der Waals surface area contributed by atoms with Crippen molar-refractivity contribution in [1.29, 1.82) is 5.26 Å². The molecule has 21 heavy (non-hydrogen) atoms. The second-order valence-electron chi connectivity index (χ2n) is 4.74. The van der Waals surface area contributed by atoms with Crippen molar-refractivity contribution in [3.63, 3.8) is 0 Å². The number of anilines is 1. The van der Waals surface area contributed by atoms with Crippen LogP contribution in [0.5, 0.6) is 0 Å². The smallest absolute Gasteiger partial charge is 0.248 e. The van der Waals surface area contributed by atoms with Crippen molar-refractivity contribution < 1.29 is 14.3 Å². The number of nitrogens with zero attached hydrogens (tertiary/aromatic N) is 2. The third kappa shape index (κ3) is 4.29. The van der Waals surface area contributed by atoms with E-state index in [9.17, 15) is 9.59 Å². The van der Waals surface area contributed by atoms with Crippen LogP contribution in [0, 0.1) is 11.3 Å². The van der Waals surface area contributed by atoms with E-state index < -0.39 is 0 Å². The molecule has 1 saturated heterocycles. The van der Waals surface area contributed by atoms with E-state index in [4.69, 9.17) is 10.00 Å². The van der Waals surface area contributed by atoms with Crippen LogP contribution >= 0.6 is 0 Å². The zero-order valence-corrected chi connectivity index (χ0v) is 11.7. The van der Waals surface area contributed by atoms with Gasteiger partial charge in [-0.05, 0) is 18.6 Å². The van der Waals surface area contributed by atoms with E-state index >= 15 is 0 Å². The number of benzene rings is 1. The molecule has 1 N–H and O–H groups in total. The molecule has 1 aromatic rings. The van der Waals surface area contributed by atoms with Crippen LogP contribution in [0.4, 0.5) is 5.69 Å². The van der Waals surface area contributed by atoms with Crippen LogP contribution in [0.15, 0.2) is 24.3 Å². The zero-order chi connectivity index (χ0) is 15.1. The number of hydrogen-bond donors (Lipinski definition) is 1. The molecule has 110 valence electrons. The van der Waals surface area contributed by atoms with Crippen LogP contribution in [-0.2, 0) is 14.3 Å². The first-order valence-electron chi connectivity index (χ1n) is 6.85. The second-order valence-corrected chi connectivity index (χ2v) is 4.74. The summed E-state index contributed by atoms with van der Waals surface area (Å²) in [5.74, 6) is -0.185. The minimum atomic E-state index is -0.154. The van der Waals surface area contributed by atoms with Crippen LogP contribution < -0.4 is 5.32 Å². The molecule has 0 aromatic heterocycles. The highest BCUT2D eigenvalue weighted by Crippen LogP contribution is 2.14. The summed E-state index contributed by atoms with van der Waals surface area (Å²) < 4.78 is 5.04. The lowest BCUT2D eigenvalue weighted by molar-refractivity contribution is -0.142. The number of nitrogens with one attached hydrogen (secondary N) is 1. The molecule has 1 aliphatic heterocycles. The fourth-order valence-corrected chi connectivity index (χ4v) is 2.12. The molecule has 0 radical (unpaired) electrons. The van der Waals surface area contributed by atoms with E-state index in [1.165, 1.54) is 0 Å².